The summed E-state index contributed by atoms with van der Waals surface area (Å²) in [4.78, 5) is 12.3. The Hall–Kier alpha value is -1.10. The van der Waals surface area contributed by atoms with Gasteiger partial charge in [-0.05, 0) is 62.4 Å². The highest BCUT2D eigenvalue weighted by Gasteiger charge is 2.57. The zero-order valence-corrected chi connectivity index (χ0v) is 13.9. The van der Waals surface area contributed by atoms with Crippen molar-refractivity contribution in [2.45, 2.75) is 32.8 Å². The predicted molar refractivity (Wildman–Crippen MR) is 90.3 cm³/mol. The van der Waals surface area contributed by atoms with E-state index in [1.54, 1.807) is 0 Å². The number of ether oxygens (including phenoxy) is 1. The minimum atomic E-state index is 0. The summed E-state index contributed by atoms with van der Waals surface area (Å²) in [5.74, 6) is 0.400. The molecular formula is C17H25ClN2O2. The van der Waals surface area contributed by atoms with Crippen molar-refractivity contribution in [2.24, 2.45) is 11.3 Å². The molecule has 1 aliphatic carbocycles. The van der Waals surface area contributed by atoms with Crippen LogP contribution in [0.4, 0.5) is 5.69 Å². The van der Waals surface area contributed by atoms with Crippen LogP contribution >= 0.6 is 12.4 Å². The summed E-state index contributed by atoms with van der Waals surface area (Å²) < 4.78 is 5.37. The molecule has 1 amide bonds. The zero-order chi connectivity index (χ0) is 14.7. The van der Waals surface area contributed by atoms with Gasteiger partial charge in [-0.25, -0.2) is 0 Å². The molecule has 2 fully saturated rings. The van der Waals surface area contributed by atoms with Gasteiger partial charge < -0.3 is 15.4 Å². The number of rotatable bonds is 5. The van der Waals surface area contributed by atoms with Gasteiger partial charge in [0.25, 0.3) is 0 Å². The highest BCUT2D eigenvalue weighted by atomic mass is 35.5. The fraction of sp³-hybridized carbons (Fsp3) is 0.588. The van der Waals surface area contributed by atoms with Gasteiger partial charge in [0.15, 0.2) is 0 Å². The first-order valence-electron chi connectivity index (χ1n) is 7.92. The van der Waals surface area contributed by atoms with E-state index in [1.807, 2.05) is 31.2 Å². The lowest BCUT2D eigenvalue weighted by Crippen LogP contribution is -2.31. The van der Waals surface area contributed by atoms with Gasteiger partial charge in [-0.3, -0.25) is 4.79 Å². The molecule has 2 N–H and O–H groups in total. The molecule has 1 aliphatic heterocycles. The summed E-state index contributed by atoms with van der Waals surface area (Å²) in [5, 5.41) is 6.43. The SMILES string of the molecule is CCOCc1ccc(NC(=O)C2CC23CCNCC3)cc1.Cl. The van der Waals surface area contributed by atoms with Crippen molar-refractivity contribution in [3.63, 3.8) is 0 Å². The molecule has 0 radical (unpaired) electrons. The van der Waals surface area contributed by atoms with Crippen LogP contribution in [-0.2, 0) is 16.1 Å². The molecule has 122 valence electrons. The molecule has 0 bridgehead atoms. The Labute approximate surface area is 138 Å². The molecule has 5 heteroatoms. The fourth-order valence-corrected chi connectivity index (χ4v) is 3.33. The smallest absolute Gasteiger partial charge is 0.228 e. The van der Waals surface area contributed by atoms with Gasteiger partial charge in [-0.1, -0.05) is 12.1 Å². The van der Waals surface area contributed by atoms with E-state index in [4.69, 9.17) is 4.74 Å². The molecule has 1 aromatic rings. The Morgan fingerprint density at radius 2 is 2.00 bits per heavy atom. The second kappa shape index (κ2) is 7.44. The highest BCUT2D eigenvalue weighted by molar-refractivity contribution is 5.95. The molecule has 22 heavy (non-hydrogen) atoms. The Bertz CT molecular complexity index is 498. The maximum absolute atomic E-state index is 12.3. The minimum Gasteiger partial charge on any atom is -0.377 e. The van der Waals surface area contributed by atoms with Crippen molar-refractivity contribution in [3.05, 3.63) is 29.8 Å². The second-order valence-electron chi connectivity index (χ2n) is 6.19. The number of carbonyl (C=O) groups excluding carboxylic acids is 1. The summed E-state index contributed by atoms with van der Waals surface area (Å²) in [6.07, 6.45) is 3.33. The second-order valence-corrected chi connectivity index (χ2v) is 6.19. The van der Waals surface area contributed by atoms with Gasteiger partial charge in [0.2, 0.25) is 5.91 Å². The van der Waals surface area contributed by atoms with Gasteiger partial charge in [0, 0.05) is 18.2 Å². The van der Waals surface area contributed by atoms with Crippen molar-refractivity contribution in [1.29, 1.82) is 0 Å². The lowest BCUT2D eigenvalue weighted by Gasteiger charge is -2.23. The van der Waals surface area contributed by atoms with E-state index in [2.05, 4.69) is 10.6 Å². The van der Waals surface area contributed by atoms with Crippen LogP contribution in [-0.4, -0.2) is 25.6 Å². The summed E-state index contributed by atoms with van der Waals surface area (Å²) in [6, 6.07) is 7.95. The number of halogens is 1. The molecule has 1 unspecified atom stereocenters. The largest absolute Gasteiger partial charge is 0.377 e. The average molecular weight is 325 g/mol. The van der Waals surface area contributed by atoms with Gasteiger partial charge in [-0.2, -0.15) is 0 Å². The van der Waals surface area contributed by atoms with Crippen LogP contribution in [0, 0.1) is 11.3 Å². The van der Waals surface area contributed by atoms with Crippen molar-refractivity contribution < 1.29 is 9.53 Å². The van der Waals surface area contributed by atoms with Crippen molar-refractivity contribution in [2.75, 3.05) is 25.0 Å². The van der Waals surface area contributed by atoms with E-state index in [9.17, 15) is 4.79 Å². The molecule has 1 spiro atoms. The number of carbonyl (C=O) groups is 1. The predicted octanol–water partition coefficient (Wildman–Crippen LogP) is 2.97. The molecule has 0 aromatic heterocycles. The van der Waals surface area contributed by atoms with Gasteiger partial charge in [-0.15, -0.1) is 12.4 Å². The van der Waals surface area contributed by atoms with Crippen LogP contribution in [0.3, 0.4) is 0 Å². The fourth-order valence-electron chi connectivity index (χ4n) is 3.33. The van der Waals surface area contributed by atoms with E-state index in [0.29, 0.717) is 12.0 Å². The van der Waals surface area contributed by atoms with Crippen LogP contribution in [0.25, 0.3) is 0 Å². The molecule has 3 rings (SSSR count). The topological polar surface area (TPSA) is 50.4 Å². The maximum Gasteiger partial charge on any atom is 0.228 e. The maximum atomic E-state index is 12.3. The van der Waals surface area contributed by atoms with Crippen molar-refractivity contribution in [1.82, 2.24) is 5.32 Å². The Kier molecular flexibility index (Phi) is 5.84. The molecule has 1 atom stereocenters. The van der Waals surface area contributed by atoms with E-state index in [-0.39, 0.29) is 24.2 Å². The molecule has 4 nitrogen and oxygen atoms in total. The number of benzene rings is 1. The first kappa shape index (κ1) is 17.3. The van der Waals surface area contributed by atoms with Gasteiger partial charge in [0.05, 0.1) is 6.61 Å². The lowest BCUT2D eigenvalue weighted by atomic mass is 9.92. The summed E-state index contributed by atoms with van der Waals surface area (Å²) in [5.41, 5.74) is 2.32. The molecular weight excluding hydrogens is 300 g/mol. The number of anilines is 1. The van der Waals surface area contributed by atoms with Crippen LogP contribution in [0.15, 0.2) is 24.3 Å². The van der Waals surface area contributed by atoms with Crippen molar-refractivity contribution >= 4 is 24.0 Å². The summed E-state index contributed by atoms with van der Waals surface area (Å²) in [6.45, 7) is 5.44. The van der Waals surface area contributed by atoms with Crippen LogP contribution in [0.2, 0.25) is 0 Å². The number of hydrogen-bond donors (Lipinski definition) is 2. The zero-order valence-electron chi connectivity index (χ0n) is 13.1. The van der Waals surface area contributed by atoms with Crippen LogP contribution < -0.4 is 10.6 Å². The van der Waals surface area contributed by atoms with Crippen LogP contribution in [0.5, 0.6) is 0 Å². The molecule has 1 aromatic carbocycles. The number of amides is 1. The van der Waals surface area contributed by atoms with E-state index >= 15 is 0 Å². The quantitative estimate of drug-likeness (QED) is 0.875. The molecule has 2 aliphatic rings. The first-order chi connectivity index (χ1) is 10.2. The third-order valence-corrected chi connectivity index (χ3v) is 4.80. The number of hydrogen-bond acceptors (Lipinski definition) is 3. The van der Waals surface area contributed by atoms with E-state index in [0.717, 1.165) is 50.2 Å². The lowest BCUT2D eigenvalue weighted by molar-refractivity contribution is -0.118. The first-order valence-corrected chi connectivity index (χ1v) is 7.92. The Morgan fingerprint density at radius 3 is 2.64 bits per heavy atom. The van der Waals surface area contributed by atoms with Crippen molar-refractivity contribution in [3.8, 4) is 0 Å². The standard InChI is InChI=1S/C17H24N2O2.ClH/c1-2-21-12-13-3-5-14(6-4-13)19-16(20)15-11-17(15)7-9-18-10-8-17;/h3-6,15,18H,2,7-12H2,1H3,(H,19,20);1H. The molecule has 1 saturated heterocycles. The van der Waals surface area contributed by atoms with E-state index < -0.39 is 0 Å². The van der Waals surface area contributed by atoms with Gasteiger partial charge in [0.1, 0.15) is 0 Å². The summed E-state index contributed by atoms with van der Waals surface area (Å²) in [7, 11) is 0. The molecule has 1 heterocycles. The monoisotopic (exact) mass is 324 g/mol. The highest BCUT2D eigenvalue weighted by Crippen LogP contribution is 2.58. The molecule has 1 saturated carbocycles. The third-order valence-electron chi connectivity index (χ3n) is 4.80. The average Bonchev–Trinajstić information content (AvgIpc) is 3.21. The third kappa shape index (κ3) is 3.80. The Morgan fingerprint density at radius 1 is 1.32 bits per heavy atom. The van der Waals surface area contributed by atoms with E-state index in [1.165, 1.54) is 0 Å². The summed E-state index contributed by atoms with van der Waals surface area (Å²) >= 11 is 0. The van der Waals surface area contributed by atoms with Crippen LogP contribution in [0.1, 0.15) is 31.7 Å². The number of piperidine rings is 1. The Balaban J connectivity index is 0.00000176. The number of nitrogens with one attached hydrogen (secondary N) is 2. The minimum absolute atomic E-state index is 0. The normalized spacial score (nSPS) is 22.0. The van der Waals surface area contributed by atoms with Gasteiger partial charge >= 0.3 is 0 Å².